The minimum Gasteiger partial charge on any atom is -0.325 e. The van der Waals surface area contributed by atoms with Crippen molar-refractivity contribution in [2.45, 2.75) is 38.2 Å². The first-order valence-electron chi connectivity index (χ1n) is 9.85. The van der Waals surface area contributed by atoms with Crippen molar-refractivity contribution >= 4 is 34.4 Å². The van der Waals surface area contributed by atoms with E-state index in [2.05, 4.69) is 48.4 Å². The van der Waals surface area contributed by atoms with Crippen LogP contribution in [0.4, 0.5) is 5.69 Å². The number of hydrogen-bond acceptors (Lipinski definition) is 4. The molecule has 5 nitrogen and oxygen atoms in total. The fourth-order valence-electron chi connectivity index (χ4n) is 3.32. The maximum Gasteiger partial charge on any atom is 0.244 e. The standard InChI is InChI=1S/C24H24N4OS/c1-16-5-4-6-19(11-16)15-30-24-27-21-9-10-25-13-22(21)28(24)14-23(29)26-20-8-7-17(2)18(3)12-20/h4-13H,14-15H2,1-3H3,(H,26,29). The van der Waals surface area contributed by atoms with Gasteiger partial charge in [0, 0.05) is 17.6 Å². The smallest absolute Gasteiger partial charge is 0.244 e. The first kappa shape index (κ1) is 20.2. The lowest BCUT2D eigenvalue weighted by Crippen LogP contribution is -2.19. The molecule has 0 saturated carbocycles. The number of aromatic nitrogens is 3. The van der Waals surface area contributed by atoms with Crippen LogP contribution in [0.25, 0.3) is 11.0 Å². The summed E-state index contributed by atoms with van der Waals surface area (Å²) in [5, 5.41) is 3.82. The second kappa shape index (κ2) is 8.71. The highest BCUT2D eigenvalue weighted by atomic mass is 32.2. The molecule has 0 atom stereocenters. The Morgan fingerprint density at radius 3 is 2.73 bits per heavy atom. The minimum atomic E-state index is -0.0844. The van der Waals surface area contributed by atoms with E-state index in [1.54, 1.807) is 24.2 Å². The van der Waals surface area contributed by atoms with Crippen molar-refractivity contribution in [1.29, 1.82) is 0 Å². The monoisotopic (exact) mass is 416 g/mol. The second-order valence-corrected chi connectivity index (χ2v) is 8.41. The summed E-state index contributed by atoms with van der Waals surface area (Å²) >= 11 is 1.63. The highest BCUT2D eigenvalue weighted by Gasteiger charge is 2.15. The number of fused-ring (bicyclic) bond motifs is 1. The molecule has 1 N–H and O–H groups in total. The number of carbonyl (C=O) groups excluding carboxylic acids is 1. The summed E-state index contributed by atoms with van der Waals surface area (Å²) in [6, 6.07) is 16.3. The molecule has 0 aliphatic carbocycles. The Hall–Kier alpha value is -3.12. The molecule has 2 aromatic heterocycles. The van der Waals surface area contributed by atoms with Crippen LogP contribution in [0, 0.1) is 20.8 Å². The molecule has 0 unspecified atom stereocenters. The molecular formula is C24H24N4OS. The Bertz CT molecular complexity index is 1220. The molecule has 1 amide bonds. The predicted molar refractivity (Wildman–Crippen MR) is 123 cm³/mol. The van der Waals surface area contributed by atoms with Crippen LogP contribution in [0.3, 0.4) is 0 Å². The van der Waals surface area contributed by atoms with Gasteiger partial charge in [-0.15, -0.1) is 0 Å². The van der Waals surface area contributed by atoms with Crippen molar-refractivity contribution in [3.63, 3.8) is 0 Å². The number of rotatable bonds is 6. The number of anilines is 1. The van der Waals surface area contributed by atoms with Gasteiger partial charge in [0.05, 0.1) is 17.2 Å². The molecule has 0 bridgehead atoms. The van der Waals surface area contributed by atoms with Crippen LogP contribution in [0.2, 0.25) is 0 Å². The Kier molecular flexibility index (Phi) is 5.86. The largest absolute Gasteiger partial charge is 0.325 e. The third kappa shape index (κ3) is 4.54. The van der Waals surface area contributed by atoms with Gasteiger partial charge in [0.2, 0.25) is 5.91 Å². The Balaban J connectivity index is 1.56. The van der Waals surface area contributed by atoms with Crippen molar-refractivity contribution < 1.29 is 4.79 Å². The number of nitrogens with one attached hydrogen (secondary N) is 1. The predicted octanol–water partition coefficient (Wildman–Crippen LogP) is 5.29. The van der Waals surface area contributed by atoms with Crippen molar-refractivity contribution in [1.82, 2.24) is 14.5 Å². The lowest BCUT2D eigenvalue weighted by molar-refractivity contribution is -0.116. The summed E-state index contributed by atoms with van der Waals surface area (Å²) in [6.45, 7) is 6.38. The van der Waals surface area contributed by atoms with Crippen LogP contribution in [-0.2, 0) is 17.1 Å². The fraction of sp³-hybridized carbons (Fsp3) is 0.208. The van der Waals surface area contributed by atoms with Gasteiger partial charge in [-0.1, -0.05) is 47.7 Å². The molecular weight excluding hydrogens is 392 g/mol. The number of aryl methyl sites for hydroxylation is 3. The average Bonchev–Trinajstić information content (AvgIpc) is 3.07. The van der Waals surface area contributed by atoms with Gasteiger partial charge in [0.15, 0.2) is 5.16 Å². The van der Waals surface area contributed by atoms with E-state index in [1.807, 2.05) is 35.8 Å². The van der Waals surface area contributed by atoms with E-state index in [1.165, 1.54) is 16.7 Å². The summed E-state index contributed by atoms with van der Waals surface area (Å²) in [4.78, 5) is 21.8. The van der Waals surface area contributed by atoms with E-state index in [0.29, 0.717) is 0 Å². The minimum absolute atomic E-state index is 0.0844. The van der Waals surface area contributed by atoms with E-state index in [4.69, 9.17) is 4.98 Å². The van der Waals surface area contributed by atoms with Gasteiger partial charge in [-0.05, 0) is 55.7 Å². The zero-order valence-electron chi connectivity index (χ0n) is 17.3. The highest BCUT2D eigenvalue weighted by Crippen LogP contribution is 2.27. The highest BCUT2D eigenvalue weighted by molar-refractivity contribution is 7.98. The molecule has 2 aromatic carbocycles. The summed E-state index contributed by atoms with van der Waals surface area (Å²) in [6.07, 6.45) is 3.49. The molecule has 0 saturated heterocycles. The van der Waals surface area contributed by atoms with Crippen LogP contribution in [-0.4, -0.2) is 20.4 Å². The summed E-state index contributed by atoms with van der Waals surface area (Å²) in [7, 11) is 0. The van der Waals surface area contributed by atoms with Crippen molar-refractivity contribution in [2.24, 2.45) is 0 Å². The lowest BCUT2D eigenvalue weighted by atomic mass is 10.1. The average molecular weight is 417 g/mol. The van der Waals surface area contributed by atoms with Crippen LogP contribution in [0.5, 0.6) is 0 Å². The number of nitrogens with zero attached hydrogens (tertiary/aromatic N) is 3. The van der Waals surface area contributed by atoms with Gasteiger partial charge in [0.25, 0.3) is 0 Å². The number of amides is 1. The van der Waals surface area contributed by atoms with E-state index in [-0.39, 0.29) is 12.5 Å². The van der Waals surface area contributed by atoms with Gasteiger partial charge in [0.1, 0.15) is 6.54 Å². The Labute approximate surface area is 180 Å². The molecule has 0 fully saturated rings. The van der Waals surface area contributed by atoms with Crippen molar-refractivity contribution in [3.05, 3.63) is 83.2 Å². The quantitative estimate of drug-likeness (QED) is 0.434. The molecule has 4 rings (SSSR count). The second-order valence-electron chi connectivity index (χ2n) is 7.47. The normalized spacial score (nSPS) is 11.0. The molecule has 0 aliphatic rings. The van der Waals surface area contributed by atoms with Gasteiger partial charge in [-0.2, -0.15) is 0 Å². The topological polar surface area (TPSA) is 59.8 Å². The Morgan fingerprint density at radius 1 is 1.07 bits per heavy atom. The zero-order valence-corrected chi connectivity index (χ0v) is 18.2. The maximum atomic E-state index is 12.8. The molecule has 0 aliphatic heterocycles. The van der Waals surface area contributed by atoms with Gasteiger partial charge >= 0.3 is 0 Å². The van der Waals surface area contributed by atoms with Gasteiger partial charge in [-0.3, -0.25) is 9.78 Å². The third-order valence-corrected chi connectivity index (χ3v) is 6.11. The first-order valence-corrected chi connectivity index (χ1v) is 10.8. The van der Waals surface area contributed by atoms with Crippen LogP contribution in [0.15, 0.2) is 66.1 Å². The fourth-order valence-corrected chi connectivity index (χ4v) is 4.28. The van der Waals surface area contributed by atoms with Gasteiger partial charge < -0.3 is 9.88 Å². The van der Waals surface area contributed by atoms with Gasteiger partial charge in [-0.25, -0.2) is 4.98 Å². The summed E-state index contributed by atoms with van der Waals surface area (Å²) in [5.74, 6) is 0.704. The van der Waals surface area contributed by atoms with Crippen LogP contribution >= 0.6 is 11.8 Å². The summed E-state index contributed by atoms with van der Waals surface area (Å²) in [5.41, 5.74) is 7.33. The van der Waals surface area contributed by atoms with E-state index in [0.717, 1.165) is 33.2 Å². The molecule has 0 radical (unpaired) electrons. The molecule has 4 aromatic rings. The first-order chi connectivity index (χ1) is 14.5. The lowest BCUT2D eigenvalue weighted by Gasteiger charge is -2.11. The maximum absolute atomic E-state index is 12.8. The SMILES string of the molecule is Cc1cccc(CSc2nc3ccncc3n2CC(=O)Nc2ccc(C)c(C)c2)c1. The van der Waals surface area contributed by atoms with E-state index in [9.17, 15) is 4.79 Å². The molecule has 6 heteroatoms. The third-order valence-electron chi connectivity index (χ3n) is 5.06. The molecule has 30 heavy (non-hydrogen) atoms. The number of hydrogen-bond donors (Lipinski definition) is 1. The molecule has 2 heterocycles. The van der Waals surface area contributed by atoms with E-state index >= 15 is 0 Å². The molecule has 152 valence electrons. The number of thioether (sulfide) groups is 1. The number of pyridine rings is 1. The zero-order chi connectivity index (χ0) is 21.1. The van der Waals surface area contributed by atoms with E-state index < -0.39 is 0 Å². The number of imidazole rings is 1. The number of benzene rings is 2. The van der Waals surface area contributed by atoms with Crippen LogP contribution in [0.1, 0.15) is 22.3 Å². The molecule has 0 spiro atoms. The van der Waals surface area contributed by atoms with Crippen LogP contribution < -0.4 is 5.32 Å². The summed E-state index contributed by atoms with van der Waals surface area (Å²) < 4.78 is 1.94. The Morgan fingerprint density at radius 2 is 1.93 bits per heavy atom. The number of carbonyl (C=O) groups is 1. The van der Waals surface area contributed by atoms with Crippen molar-refractivity contribution in [3.8, 4) is 0 Å². The van der Waals surface area contributed by atoms with Crippen molar-refractivity contribution in [2.75, 3.05) is 5.32 Å².